The van der Waals surface area contributed by atoms with Crippen molar-refractivity contribution < 1.29 is 19.1 Å². The van der Waals surface area contributed by atoms with Crippen molar-refractivity contribution in [3.63, 3.8) is 0 Å². The highest BCUT2D eigenvalue weighted by Crippen LogP contribution is 2.33. The van der Waals surface area contributed by atoms with Gasteiger partial charge in [0.25, 0.3) is 11.1 Å². The maximum absolute atomic E-state index is 13.0. The molecule has 40 heavy (non-hydrogen) atoms. The summed E-state index contributed by atoms with van der Waals surface area (Å²) in [5.74, 6) is -0.00889. The number of nitrogens with zero attached hydrogens (tertiary/aromatic N) is 3. The Hall–Kier alpha value is -2.73. The van der Waals surface area contributed by atoms with Crippen LogP contribution in [0.15, 0.2) is 71.6 Å². The summed E-state index contributed by atoms with van der Waals surface area (Å²) in [7, 11) is 0. The Morgan fingerprint density at radius 1 is 0.950 bits per heavy atom. The van der Waals surface area contributed by atoms with Gasteiger partial charge < -0.3 is 14.5 Å². The van der Waals surface area contributed by atoms with Gasteiger partial charge in [0.05, 0.1) is 18.5 Å². The van der Waals surface area contributed by atoms with E-state index in [9.17, 15) is 14.4 Å². The van der Waals surface area contributed by atoms with Crippen LogP contribution in [0.3, 0.4) is 0 Å². The molecule has 5 rings (SSSR count). The number of carbonyl (C=O) groups is 3. The Bertz CT molecular complexity index is 1480. The van der Waals surface area contributed by atoms with E-state index in [0.29, 0.717) is 48.6 Å². The molecule has 2 aliphatic rings. The summed E-state index contributed by atoms with van der Waals surface area (Å²) in [5, 5.41) is 0.512. The smallest absolute Gasteiger partial charge is 0.294 e. The van der Waals surface area contributed by atoms with Crippen LogP contribution in [-0.4, -0.2) is 59.6 Å². The summed E-state index contributed by atoms with van der Waals surface area (Å²) in [4.78, 5) is 43.9. The van der Waals surface area contributed by atoms with E-state index in [0.717, 1.165) is 37.0 Å². The number of imide groups is 1. The number of para-hydroxylation sites is 1. The van der Waals surface area contributed by atoms with Crippen molar-refractivity contribution >= 4 is 86.4 Å². The largest absolute Gasteiger partial charge is 0.488 e. The lowest BCUT2D eigenvalue weighted by Gasteiger charge is -2.36. The van der Waals surface area contributed by atoms with Crippen molar-refractivity contribution in [3.8, 4) is 5.75 Å². The van der Waals surface area contributed by atoms with Crippen LogP contribution >= 0.6 is 57.6 Å². The fraction of sp³-hybridized carbons (Fsp3) is 0.207. The molecule has 0 N–H and O–H groups in total. The number of anilines is 1. The fourth-order valence-electron chi connectivity index (χ4n) is 4.39. The second kappa shape index (κ2) is 12.8. The van der Waals surface area contributed by atoms with Gasteiger partial charge in [0, 0.05) is 31.9 Å². The minimum Gasteiger partial charge on any atom is -0.488 e. The maximum atomic E-state index is 13.0. The first-order valence-corrected chi connectivity index (χ1v) is 15.1. The third kappa shape index (κ3) is 6.76. The van der Waals surface area contributed by atoms with E-state index >= 15 is 0 Å². The molecule has 7 nitrogen and oxygen atoms in total. The van der Waals surface area contributed by atoms with Crippen molar-refractivity contribution in [1.29, 1.82) is 0 Å². The first-order valence-electron chi connectivity index (χ1n) is 12.5. The molecule has 2 aliphatic heterocycles. The maximum Gasteiger partial charge on any atom is 0.294 e. The van der Waals surface area contributed by atoms with Crippen molar-refractivity contribution in [2.75, 3.05) is 37.6 Å². The molecule has 0 saturated carbocycles. The number of benzene rings is 3. The summed E-state index contributed by atoms with van der Waals surface area (Å²) in [6.45, 7) is 2.54. The molecule has 0 aliphatic carbocycles. The first kappa shape index (κ1) is 28.8. The lowest BCUT2D eigenvalue weighted by atomic mass is 10.2. The van der Waals surface area contributed by atoms with Gasteiger partial charge in [-0.15, -0.1) is 0 Å². The van der Waals surface area contributed by atoms with Crippen LogP contribution in [0.25, 0.3) is 6.08 Å². The molecule has 2 fully saturated rings. The summed E-state index contributed by atoms with van der Waals surface area (Å²) in [6.07, 6.45) is 1.67. The van der Waals surface area contributed by atoms with Gasteiger partial charge in [0.2, 0.25) is 5.91 Å². The van der Waals surface area contributed by atoms with Crippen LogP contribution in [0.5, 0.6) is 5.75 Å². The molecule has 11 heteroatoms. The summed E-state index contributed by atoms with van der Waals surface area (Å²) < 4.78 is 6.76. The van der Waals surface area contributed by atoms with Gasteiger partial charge in [-0.2, -0.15) is 0 Å². The van der Waals surface area contributed by atoms with E-state index in [1.54, 1.807) is 23.1 Å². The monoisotopic (exact) mass is 707 g/mol. The highest BCUT2D eigenvalue weighted by Gasteiger charge is 2.37. The molecule has 2 saturated heterocycles. The molecule has 3 aromatic carbocycles. The van der Waals surface area contributed by atoms with E-state index in [1.165, 1.54) is 0 Å². The molecule has 0 unspecified atom stereocenters. The molecule has 0 spiro atoms. The van der Waals surface area contributed by atoms with E-state index in [2.05, 4.69) is 27.5 Å². The van der Waals surface area contributed by atoms with Crippen LogP contribution in [0, 0.1) is 3.57 Å². The Morgan fingerprint density at radius 3 is 2.40 bits per heavy atom. The van der Waals surface area contributed by atoms with Crippen LogP contribution < -0.4 is 9.64 Å². The normalized spacial score (nSPS) is 16.7. The van der Waals surface area contributed by atoms with E-state index in [1.807, 2.05) is 54.6 Å². The van der Waals surface area contributed by atoms with Gasteiger partial charge in [0.1, 0.15) is 18.9 Å². The lowest BCUT2D eigenvalue weighted by molar-refractivity contribution is -0.136. The van der Waals surface area contributed by atoms with Crippen LogP contribution in [-0.2, 0) is 16.2 Å². The van der Waals surface area contributed by atoms with Gasteiger partial charge in [-0.05, 0) is 88.0 Å². The number of carbonyl (C=O) groups excluding carboxylic acids is 3. The van der Waals surface area contributed by atoms with Crippen LogP contribution in [0.4, 0.5) is 10.5 Å². The number of piperazine rings is 1. The number of rotatable bonds is 7. The molecule has 3 amide bonds. The second-order valence-electron chi connectivity index (χ2n) is 9.20. The van der Waals surface area contributed by atoms with Gasteiger partial charge in [-0.1, -0.05) is 53.5 Å². The topological polar surface area (TPSA) is 70.2 Å². The standard InChI is InChI=1S/C29H24Cl2IN3O4S/c30-22-8-6-20(14-23(22)31)18-39-25-9-7-19(15-24(25)32)16-26-28(37)35(29(38)40-26)17-27(36)34-12-10-33(11-13-34)21-4-2-1-3-5-21/h1-9,14-16H,10-13,17-18H2/b26-16+. The van der Waals surface area contributed by atoms with Crippen LogP contribution in [0.1, 0.15) is 11.1 Å². The van der Waals surface area contributed by atoms with E-state index < -0.39 is 11.1 Å². The number of ether oxygens (including phenoxy) is 1. The molecular weight excluding hydrogens is 684 g/mol. The molecule has 3 aromatic rings. The minimum atomic E-state index is -0.457. The lowest BCUT2D eigenvalue weighted by Crippen LogP contribution is -2.51. The quantitative estimate of drug-likeness (QED) is 0.205. The highest BCUT2D eigenvalue weighted by atomic mass is 127. The SMILES string of the molecule is O=C(CN1C(=O)S/C(=C/c2ccc(OCc3ccc(Cl)c(Cl)c3)c(I)c2)C1=O)N1CCN(c2ccccc2)CC1. The molecule has 206 valence electrons. The van der Waals surface area contributed by atoms with Crippen molar-refractivity contribution in [2.24, 2.45) is 0 Å². The minimum absolute atomic E-state index is 0.228. The summed E-state index contributed by atoms with van der Waals surface area (Å²) >= 11 is 15.1. The van der Waals surface area contributed by atoms with E-state index in [4.69, 9.17) is 27.9 Å². The first-order chi connectivity index (χ1) is 19.3. The van der Waals surface area contributed by atoms with Gasteiger partial charge in [-0.3, -0.25) is 19.3 Å². The molecule has 0 atom stereocenters. The van der Waals surface area contributed by atoms with Gasteiger partial charge in [0.15, 0.2) is 0 Å². The van der Waals surface area contributed by atoms with Crippen molar-refractivity contribution in [3.05, 3.63) is 96.4 Å². The number of hydrogen-bond donors (Lipinski definition) is 0. The number of amides is 3. The number of thioether (sulfide) groups is 1. The molecule has 0 bridgehead atoms. The zero-order valence-electron chi connectivity index (χ0n) is 21.2. The van der Waals surface area contributed by atoms with Gasteiger partial charge >= 0.3 is 0 Å². The number of hydrogen-bond acceptors (Lipinski definition) is 6. The average Bonchev–Trinajstić information content (AvgIpc) is 3.22. The fourth-order valence-corrected chi connectivity index (χ4v) is 6.24. The molecule has 0 radical (unpaired) electrons. The van der Waals surface area contributed by atoms with Crippen molar-refractivity contribution in [2.45, 2.75) is 6.61 Å². The Kier molecular flexibility index (Phi) is 9.24. The third-order valence-electron chi connectivity index (χ3n) is 6.55. The van der Waals surface area contributed by atoms with Gasteiger partial charge in [-0.25, -0.2) is 0 Å². The van der Waals surface area contributed by atoms with Crippen LogP contribution in [0.2, 0.25) is 10.0 Å². The predicted molar refractivity (Wildman–Crippen MR) is 168 cm³/mol. The highest BCUT2D eigenvalue weighted by molar-refractivity contribution is 14.1. The molecule has 2 heterocycles. The molecular formula is C29H24Cl2IN3O4S. The number of halogens is 3. The van der Waals surface area contributed by atoms with E-state index in [-0.39, 0.29) is 17.4 Å². The predicted octanol–water partition coefficient (Wildman–Crippen LogP) is 6.56. The Balaban J connectivity index is 1.17. The average molecular weight is 708 g/mol. The zero-order valence-corrected chi connectivity index (χ0v) is 25.7. The van der Waals surface area contributed by atoms with Crippen molar-refractivity contribution in [1.82, 2.24) is 9.80 Å². The Labute approximate surface area is 260 Å². The zero-order chi connectivity index (χ0) is 28.2. The summed E-state index contributed by atoms with van der Waals surface area (Å²) in [5.41, 5.74) is 2.75. The Morgan fingerprint density at radius 2 is 1.70 bits per heavy atom. The second-order valence-corrected chi connectivity index (χ2v) is 12.2. The summed E-state index contributed by atoms with van der Waals surface area (Å²) in [6, 6.07) is 20.9. The third-order valence-corrected chi connectivity index (χ3v) is 9.04. The molecule has 0 aromatic heterocycles.